The molecule has 5 nitrogen and oxygen atoms in total. The molecule has 0 atom stereocenters. The Bertz CT molecular complexity index is 862. The Morgan fingerprint density at radius 1 is 1.04 bits per heavy atom. The second kappa shape index (κ2) is 8.10. The highest BCUT2D eigenvalue weighted by Crippen LogP contribution is 2.30. The SMILES string of the molecule is CC(C)(C)OC(=O)Nc1ccc(N(Cl)C(=O)c2cccc(C(F)(F)F)c2)cc1. The van der Waals surface area contributed by atoms with Gasteiger partial charge < -0.3 is 4.74 Å². The number of halogens is 4. The highest BCUT2D eigenvalue weighted by atomic mass is 35.5. The number of nitrogens with one attached hydrogen (secondary N) is 1. The highest BCUT2D eigenvalue weighted by Gasteiger charge is 2.31. The molecule has 0 bridgehead atoms. The minimum atomic E-state index is -4.57. The molecule has 2 aromatic rings. The molecule has 2 rings (SSSR count). The number of hydrogen-bond acceptors (Lipinski definition) is 3. The maximum Gasteiger partial charge on any atom is 0.416 e. The number of alkyl halides is 3. The molecular formula is C19H18ClF3N2O3. The molecule has 0 heterocycles. The zero-order valence-electron chi connectivity index (χ0n) is 15.3. The minimum Gasteiger partial charge on any atom is -0.444 e. The number of carbonyl (C=O) groups is 2. The van der Waals surface area contributed by atoms with Gasteiger partial charge in [-0.25, -0.2) is 9.21 Å². The number of anilines is 2. The summed E-state index contributed by atoms with van der Waals surface area (Å²) in [5.41, 5.74) is -1.19. The molecule has 0 radical (unpaired) electrons. The van der Waals surface area contributed by atoms with Crippen molar-refractivity contribution in [3.05, 3.63) is 59.7 Å². The maximum atomic E-state index is 12.8. The van der Waals surface area contributed by atoms with Crippen LogP contribution in [0.25, 0.3) is 0 Å². The average molecular weight is 415 g/mol. The molecule has 0 spiro atoms. The summed E-state index contributed by atoms with van der Waals surface area (Å²) in [6, 6.07) is 9.81. The summed E-state index contributed by atoms with van der Waals surface area (Å²) in [6.07, 6.45) is -5.22. The summed E-state index contributed by atoms with van der Waals surface area (Å²) >= 11 is 5.99. The third kappa shape index (κ3) is 5.88. The summed E-state index contributed by atoms with van der Waals surface area (Å²) in [5.74, 6) is -0.819. The van der Waals surface area contributed by atoms with Gasteiger partial charge in [-0.05, 0) is 63.2 Å². The predicted octanol–water partition coefficient (Wildman–Crippen LogP) is 5.85. The Kier molecular flexibility index (Phi) is 6.23. The van der Waals surface area contributed by atoms with Crippen molar-refractivity contribution in [3.8, 4) is 0 Å². The van der Waals surface area contributed by atoms with Crippen LogP contribution in [-0.2, 0) is 10.9 Å². The quantitative estimate of drug-likeness (QED) is 0.640. The van der Waals surface area contributed by atoms with Gasteiger partial charge in [0, 0.05) is 23.0 Å². The topological polar surface area (TPSA) is 58.6 Å². The van der Waals surface area contributed by atoms with E-state index in [9.17, 15) is 22.8 Å². The fourth-order valence-electron chi connectivity index (χ4n) is 2.16. The second-order valence-corrected chi connectivity index (χ2v) is 7.18. The lowest BCUT2D eigenvalue weighted by molar-refractivity contribution is -0.137. The molecule has 0 unspecified atom stereocenters. The van der Waals surface area contributed by atoms with Crippen molar-refractivity contribution in [1.82, 2.24) is 0 Å². The molecule has 9 heteroatoms. The summed E-state index contributed by atoms with van der Waals surface area (Å²) in [5, 5.41) is 2.52. The molecule has 0 aliphatic heterocycles. The van der Waals surface area contributed by atoms with E-state index in [1.807, 2.05) is 0 Å². The molecular weight excluding hydrogens is 397 g/mol. The fraction of sp³-hybridized carbons (Fsp3) is 0.263. The summed E-state index contributed by atoms with van der Waals surface area (Å²) in [7, 11) is 0. The van der Waals surface area contributed by atoms with E-state index in [4.69, 9.17) is 16.5 Å². The molecule has 150 valence electrons. The van der Waals surface area contributed by atoms with E-state index < -0.39 is 29.3 Å². The van der Waals surface area contributed by atoms with Crippen LogP contribution >= 0.6 is 11.8 Å². The van der Waals surface area contributed by atoms with Gasteiger partial charge in [-0.2, -0.15) is 13.2 Å². The number of hydrogen-bond donors (Lipinski definition) is 1. The van der Waals surface area contributed by atoms with Crippen molar-refractivity contribution in [1.29, 1.82) is 0 Å². The van der Waals surface area contributed by atoms with Crippen LogP contribution in [0.3, 0.4) is 0 Å². The molecule has 2 amide bonds. The molecule has 0 saturated carbocycles. The van der Waals surface area contributed by atoms with E-state index in [0.29, 0.717) is 10.1 Å². The van der Waals surface area contributed by atoms with Gasteiger partial charge >= 0.3 is 12.3 Å². The first-order chi connectivity index (χ1) is 12.9. The van der Waals surface area contributed by atoms with Crippen molar-refractivity contribution >= 4 is 35.2 Å². The monoisotopic (exact) mass is 414 g/mol. The van der Waals surface area contributed by atoms with Crippen LogP contribution in [0, 0.1) is 0 Å². The van der Waals surface area contributed by atoms with E-state index in [1.165, 1.54) is 30.3 Å². The molecule has 0 aliphatic rings. The van der Waals surface area contributed by atoms with Crippen LogP contribution in [0.5, 0.6) is 0 Å². The number of benzene rings is 2. The number of ether oxygens (including phenoxy) is 1. The summed E-state index contributed by atoms with van der Waals surface area (Å²) < 4.78 is 44.2. The van der Waals surface area contributed by atoms with E-state index in [1.54, 1.807) is 20.8 Å². The molecule has 0 aliphatic carbocycles. The fourth-order valence-corrected chi connectivity index (χ4v) is 2.37. The van der Waals surface area contributed by atoms with E-state index in [2.05, 4.69) is 5.32 Å². The van der Waals surface area contributed by atoms with Crippen molar-refractivity contribution in [2.75, 3.05) is 9.74 Å². The van der Waals surface area contributed by atoms with Gasteiger partial charge in [0.2, 0.25) is 0 Å². The Balaban J connectivity index is 2.11. The van der Waals surface area contributed by atoms with Crippen molar-refractivity contribution < 1.29 is 27.5 Å². The molecule has 28 heavy (non-hydrogen) atoms. The average Bonchev–Trinajstić information content (AvgIpc) is 2.59. The van der Waals surface area contributed by atoms with Gasteiger partial charge in [-0.15, -0.1) is 0 Å². The van der Waals surface area contributed by atoms with Gasteiger partial charge in [0.25, 0.3) is 5.91 Å². The Labute approximate surface area is 165 Å². The first-order valence-electron chi connectivity index (χ1n) is 8.14. The van der Waals surface area contributed by atoms with Gasteiger partial charge in [-0.3, -0.25) is 10.1 Å². The Morgan fingerprint density at radius 2 is 1.64 bits per heavy atom. The number of carbonyl (C=O) groups excluding carboxylic acids is 2. The standard InChI is InChI=1S/C19H18ClF3N2O3/c1-18(2,3)28-17(27)24-14-7-9-15(10-8-14)25(20)16(26)12-5-4-6-13(11-12)19(21,22)23/h4-11H,1-3H3,(H,24,27). The van der Waals surface area contributed by atoms with Crippen LogP contribution in [-0.4, -0.2) is 17.6 Å². The summed E-state index contributed by atoms with van der Waals surface area (Å²) in [4.78, 5) is 24.1. The zero-order valence-corrected chi connectivity index (χ0v) is 16.1. The largest absolute Gasteiger partial charge is 0.444 e. The highest BCUT2D eigenvalue weighted by molar-refractivity contribution is 6.39. The van der Waals surface area contributed by atoms with Gasteiger partial charge in [0.15, 0.2) is 0 Å². The van der Waals surface area contributed by atoms with Crippen LogP contribution < -0.4 is 9.74 Å². The van der Waals surface area contributed by atoms with E-state index in [0.717, 1.165) is 18.2 Å². The Hall–Kier alpha value is -2.74. The predicted molar refractivity (Wildman–Crippen MR) is 100 cm³/mol. The number of rotatable bonds is 3. The third-order valence-electron chi connectivity index (χ3n) is 3.35. The first kappa shape index (κ1) is 21.6. The van der Waals surface area contributed by atoms with Gasteiger partial charge in [-0.1, -0.05) is 6.07 Å². The van der Waals surface area contributed by atoms with Crippen LogP contribution in [0.15, 0.2) is 48.5 Å². The van der Waals surface area contributed by atoms with Crippen molar-refractivity contribution in [2.24, 2.45) is 0 Å². The molecule has 0 aromatic heterocycles. The first-order valence-corrected chi connectivity index (χ1v) is 8.48. The molecule has 0 saturated heterocycles. The lowest BCUT2D eigenvalue weighted by atomic mass is 10.1. The second-order valence-electron chi connectivity index (χ2n) is 6.84. The molecule has 0 fully saturated rings. The van der Waals surface area contributed by atoms with Crippen LogP contribution in [0.4, 0.5) is 29.3 Å². The number of amides is 2. The summed E-state index contributed by atoms with van der Waals surface area (Å²) in [6.45, 7) is 5.17. The lowest BCUT2D eigenvalue weighted by Gasteiger charge is -2.20. The van der Waals surface area contributed by atoms with Crippen molar-refractivity contribution in [3.63, 3.8) is 0 Å². The van der Waals surface area contributed by atoms with Gasteiger partial charge in [0.1, 0.15) is 5.60 Å². The minimum absolute atomic E-state index is 0.208. The number of nitrogens with zero attached hydrogens (tertiary/aromatic N) is 1. The van der Waals surface area contributed by atoms with Gasteiger partial charge in [0.05, 0.1) is 11.3 Å². The molecule has 2 aromatic carbocycles. The third-order valence-corrected chi connectivity index (χ3v) is 3.70. The van der Waals surface area contributed by atoms with E-state index in [-0.39, 0.29) is 11.3 Å². The van der Waals surface area contributed by atoms with Crippen LogP contribution in [0.1, 0.15) is 36.7 Å². The lowest BCUT2D eigenvalue weighted by Crippen LogP contribution is -2.27. The molecule has 1 N–H and O–H groups in total. The smallest absolute Gasteiger partial charge is 0.416 e. The van der Waals surface area contributed by atoms with Crippen LogP contribution in [0.2, 0.25) is 0 Å². The Morgan fingerprint density at radius 3 is 2.18 bits per heavy atom. The maximum absolute atomic E-state index is 12.8. The zero-order chi connectivity index (χ0) is 21.1. The van der Waals surface area contributed by atoms with E-state index >= 15 is 0 Å². The van der Waals surface area contributed by atoms with Crippen molar-refractivity contribution in [2.45, 2.75) is 32.5 Å². The normalized spacial score (nSPS) is 11.7.